The highest BCUT2D eigenvalue weighted by molar-refractivity contribution is 7.99. The van der Waals surface area contributed by atoms with Crippen molar-refractivity contribution in [3.63, 3.8) is 0 Å². The Morgan fingerprint density at radius 3 is 2.24 bits per heavy atom. The fourth-order valence-corrected chi connectivity index (χ4v) is 2.78. The van der Waals surface area contributed by atoms with E-state index in [1.54, 1.807) is 16.7 Å². The lowest BCUT2D eigenvalue weighted by Crippen LogP contribution is -2.39. The molecule has 1 aromatic carbocycles. The Bertz CT molecular complexity index is 446. The van der Waals surface area contributed by atoms with Gasteiger partial charge in [-0.25, -0.2) is 0 Å². The molecule has 3 nitrogen and oxygen atoms in total. The molecule has 1 aromatic rings. The van der Waals surface area contributed by atoms with Gasteiger partial charge >= 0.3 is 0 Å². The number of halogens is 1. The van der Waals surface area contributed by atoms with Crippen LogP contribution in [0.2, 0.25) is 0 Å². The molecule has 120 valence electrons. The molecule has 0 fully saturated rings. The maximum atomic E-state index is 12.4. The van der Waals surface area contributed by atoms with Gasteiger partial charge in [0.2, 0.25) is 0 Å². The third kappa shape index (κ3) is 6.72. The highest BCUT2D eigenvalue weighted by atomic mass is 35.5. The molecule has 0 unspecified atom stereocenters. The van der Waals surface area contributed by atoms with Crippen LogP contribution in [-0.4, -0.2) is 36.2 Å². The highest BCUT2D eigenvalue weighted by Gasteiger charge is 2.21. The van der Waals surface area contributed by atoms with Crippen LogP contribution in [0.3, 0.4) is 0 Å². The second kappa shape index (κ2) is 8.66. The number of nitrogens with zero attached hydrogens (tertiary/aromatic N) is 1. The topological polar surface area (TPSA) is 46.3 Å². The van der Waals surface area contributed by atoms with Gasteiger partial charge in [-0.05, 0) is 36.2 Å². The summed E-state index contributed by atoms with van der Waals surface area (Å²) in [4.78, 5) is 15.3. The first-order valence-corrected chi connectivity index (χ1v) is 7.85. The second-order valence-electron chi connectivity index (χ2n) is 6.22. The van der Waals surface area contributed by atoms with E-state index < -0.39 is 0 Å². The normalized spacial score (nSPS) is 11.2. The van der Waals surface area contributed by atoms with Crippen molar-refractivity contribution < 1.29 is 4.79 Å². The van der Waals surface area contributed by atoms with Crippen LogP contribution in [0.4, 0.5) is 0 Å². The molecule has 2 N–H and O–H groups in total. The minimum absolute atomic E-state index is 0. The molecule has 0 saturated carbocycles. The van der Waals surface area contributed by atoms with Gasteiger partial charge in [0.25, 0.3) is 5.91 Å². The summed E-state index contributed by atoms with van der Waals surface area (Å²) in [5.41, 5.74) is 6.39. The lowest BCUT2D eigenvalue weighted by Gasteiger charge is -2.29. The van der Waals surface area contributed by atoms with Crippen LogP contribution in [-0.2, 0) is 0 Å². The van der Waals surface area contributed by atoms with Crippen molar-refractivity contribution in [3.05, 3.63) is 29.8 Å². The summed E-state index contributed by atoms with van der Waals surface area (Å²) >= 11 is 1.80. The first-order chi connectivity index (χ1) is 9.25. The summed E-state index contributed by atoms with van der Waals surface area (Å²) in [6.45, 7) is 9.68. The highest BCUT2D eigenvalue weighted by Crippen LogP contribution is 2.23. The molecule has 0 saturated heterocycles. The quantitative estimate of drug-likeness (QED) is 0.809. The number of amides is 1. The van der Waals surface area contributed by atoms with Gasteiger partial charge in [0, 0.05) is 29.3 Å². The standard InChI is InChI=1S/C16H26N2OS.ClH/c1-12(2)20-14-8-6-13(7-9-14)15(19)18(5)11-16(3,4)10-17;/h6-9,12H,10-11,17H2,1-5H3;1H. The number of carbonyl (C=O) groups excluding carboxylic acids is 1. The molecule has 0 bridgehead atoms. The zero-order chi connectivity index (χ0) is 15.3. The molecule has 0 radical (unpaired) electrons. The van der Waals surface area contributed by atoms with Crippen molar-refractivity contribution in [2.75, 3.05) is 20.1 Å². The molecule has 21 heavy (non-hydrogen) atoms. The van der Waals surface area contributed by atoms with Gasteiger partial charge in [0.05, 0.1) is 0 Å². The molecule has 0 aromatic heterocycles. The molecule has 0 heterocycles. The predicted molar refractivity (Wildman–Crippen MR) is 94.5 cm³/mol. The van der Waals surface area contributed by atoms with E-state index >= 15 is 0 Å². The van der Waals surface area contributed by atoms with Gasteiger partial charge in [0.1, 0.15) is 0 Å². The fraction of sp³-hybridized carbons (Fsp3) is 0.562. The molecular formula is C16H27ClN2OS. The Kier molecular flexibility index (Phi) is 8.37. The summed E-state index contributed by atoms with van der Waals surface area (Å²) in [7, 11) is 1.83. The SMILES string of the molecule is CC(C)Sc1ccc(C(=O)N(C)CC(C)(C)CN)cc1.Cl. The zero-order valence-corrected chi connectivity index (χ0v) is 15.2. The van der Waals surface area contributed by atoms with E-state index in [-0.39, 0.29) is 23.7 Å². The molecule has 1 amide bonds. The Labute approximate surface area is 139 Å². The number of hydrogen-bond donors (Lipinski definition) is 1. The van der Waals surface area contributed by atoms with Crippen molar-refractivity contribution in [3.8, 4) is 0 Å². The fourth-order valence-electron chi connectivity index (χ4n) is 1.95. The van der Waals surface area contributed by atoms with E-state index in [9.17, 15) is 4.79 Å². The van der Waals surface area contributed by atoms with E-state index in [0.29, 0.717) is 18.3 Å². The molecule has 0 aliphatic carbocycles. The molecule has 0 aliphatic heterocycles. The number of thioether (sulfide) groups is 1. The minimum Gasteiger partial charge on any atom is -0.341 e. The van der Waals surface area contributed by atoms with Gasteiger partial charge < -0.3 is 10.6 Å². The Hall–Kier alpha value is -0.710. The van der Waals surface area contributed by atoms with Crippen LogP contribution in [0.5, 0.6) is 0 Å². The van der Waals surface area contributed by atoms with Crippen LogP contribution >= 0.6 is 24.2 Å². The largest absolute Gasteiger partial charge is 0.341 e. The number of hydrogen-bond acceptors (Lipinski definition) is 3. The lowest BCUT2D eigenvalue weighted by molar-refractivity contribution is 0.0740. The Morgan fingerprint density at radius 1 is 1.29 bits per heavy atom. The van der Waals surface area contributed by atoms with Gasteiger partial charge in [0.15, 0.2) is 0 Å². The third-order valence-electron chi connectivity index (χ3n) is 3.04. The molecule has 0 spiro atoms. The van der Waals surface area contributed by atoms with Gasteiger partial charge in [-0.1, -0.05) is 27.7 Å². The number of nitrogens with two attached hydrogens (primary N) is 1. The van der Waals surface area contributed by atoms with Crippen molar-refractivity contribution in [2.24, 2.45) is 11.1 Å². The van der Waals surface area contributed by atoms with Crippen molar-refractivity contribution in [2.45, 2.75) is 37.8 Å². The summed E-state index contributed by atoms with van der Waals surface area (Å²) < 4.78 is 0. The molecular weight excluding hydrogens is 304 g/mol. The summed E-state index contributed by atoms with van der Waals surface area (Å²) in [5.74, 6) is 0.0487. The summed E-state index contributed by atoms with van der Waals surface area (Å²) in [6, 6.07) is 7.83. The van der Waals surface area contributed by atoms with Gasteiger partial charge in [-0.3, -0.25) is 4.79 Å². The smallest absolute Gasteiger partial charge is 0.253 e. The van der Waals surface area contributed by atoms with E-state index in [1.807, 2.05) is 31.3 Å². The first kappa shape index (κ1) is 20.3. The summed E-state index contributed by atoms with van der Waals surface area (Å²) in [5, 5.41) is 0.546. The minimum atomic E-state index is -0.0577. The molecule has 5 heteroatoms. The van der Waals surface area contributed by atoms with Crippen LogP contribution < -0.4 is 5.73 Å². The predicted octanol–water partition coefficient (Wildman–Crippen LogP) is 3.67. The Morgan fingerprint density at radius 2 is 1.81 bits per heavy atom. The lowest BCUT2D eigenvalue weighted by atomic mass is 9.93. The van der Waals surface area contributed by atoms with Crippen molar-refractivity contribution in [1.29, 1.82) is 0 Å². The number of rotatable bonds is 6. The number of carbonyl (C=O) groups is 1. The molecule has 1 rings (SSSR count). The maximum Gasteiger partial charge on any atom is 0.253 e. The maximum absolute atomic E-state index is 12.4. The average Bonchev–Trinajstić information content (AvgIpc) is 2.37. The van der Waals surface area contributed by atoms with E-state index in [4.69, 9.17) is 5.73 Å². The molecule has 0 aliphatic rings. The average molecular weight is 331 g/mol. The zero-order valence-electron chi connectivity index (χ0n) is 13.6. The van der Waals surface area contributed by atoms with E-state index in [1.165, 1.54) is 4.90 Å². The second-order valence-corrected chi connectivity index (χ2v) is 7.87. The first-order valence-electron chi connectivity index (χ1n) is 6.97. The van der Waals surface area contributed by atoms with E-state index in [2.05, 4.69) is 27.7 Å². The van der Waals surface area contributed by atoms with Gasteiger partial charge in [-0.15, -0.1) is 24.2 Å². The van der Waals surface area contributed by atoms with Gasteiger partial charge in [-0.2, -0.15) is 0 Å². The van der Waals surface area contributed by atoms with Crippen LogP contribution in [0.25, 0.3) is 0 Å². The molecule has 0 atom stereocenters. The van der Waals surface area contributed by atoms with Crippen LogP contribution in [0.1, 0.15) is 38.1 Å². The van der Waals surface area contributed by atoms with Crippen LogP contribution in [0.15, 0.2) is 29.2 Å². The van der Waals surface area contributed by atoms with Crippen molar-refractivity contribution in [1.82, 2.24) is 4.90 Å². The van der Waals surface area contributed by atoms with E-state index in [0.717, 1.165) is 5.56 Å². The van der Waals surface area contributed by atoms with Crippen molar-refractivity contribution >= 4 is 30.1 Å². The monoisotopic (exact) mass is 330 g/mol. The Balaban J connectivity index is 0.00000400. The summed E-state index contributed by atoms with van der Waals surface area (Å²) in [6.07, 6.45) is 0. The van der Waals surface area contributed by atoms with Crippen LogP contribution in [0, 0.1) is 5.41 Å². The third-order valence-corrected chi connectivity index (χ3v) is 4.05. The number of benzene rings is 1.